The van der Waals surface area contributed by atoms with Crippen LogP contribution in [0.5, 0.6) is 5.75 Å². The van der Waals surface area contributed by atoms with Gasteiger partial charge in [0.1, 0.15) is 24.6 Å². The fraction of sp³-hybridized carbons (Fsp3) is 0.321. The van der Waals surface area contributed by atoms with E-state index in [2.05, 4.69) is 17.4 Å². The highest BCUT2D eigenvalue weighted by Gasteiger charge is 2.29. The van der Waals surface area contributed by atoms with E-state index in [-0.39, 0.29) is 30.2 Å². The maximum atomic E-state index is 12.4. The molecule has 0 heterocycles. The average Bonchev–Trinajstić information content (AvgIpc) is 3.14. The van der Waals surface area contributed by atoms with Gasteiger partial charge in [0.05, 0.1) is 0 Å². The number of carbonyl (C=O) groups is 1. The van der Waals surface area contributed by atoms with Gasteiger partial charge in [-0.25, -0.2) is 4.79 Å². The summed E-state index contributed by atoms with van der Waals surface area (Å²) < 4.78 is 5.48. The van der Waals surface area contributed by atoms with Crippen LogP contribution in [0.15, 0.2) is 66.7 Å². The van der Waals surface area contributed by atoms with Crippen LogP contribution in [0.25, 0.3) is 11.1 Å². The number of aromatic hydroxyl groups is 1. The summed E-state index contributed by atoms with van der Waals surface area (Å²) in [7, 11) is 0. The van der Waals surface area contributed by atoms with Gasteiger partial charge in [-0.1, -0.05) is 75.4 Å². The Balaban J connectivity index is 1.35. The largest absolute Gasteiger partial charge is 0.508 e. The summed E-state index contributed by atoms with van der Waals surface area (Å²) in [6, 6.07) is 20.9. The quantitative estimate of drug-likeness (QED) is 0.429. The zero-order valence-electron chi connectivity index (χ0n) is 19.7. The van der Waals surface area contributed by atoms with Gasteiger partial charge in [0.2, 0.25) is 0 Å². The molecule has 6 nitrogen and oxygen atoms in total. The van der Waals surface area contributed by atoms with E-state index in [1.165, 1.54) is 6.07 Å². The van der Waals surface area contributed by atoms with E-state index in [0.717, 1.165) is 22.3 Å². The van der Waals surface area contributed by atoms with Gasteiger partial charge in [-0.2, -0.15) is 0 Å². The minimum Gasteiger partial charge on any atom is -0.508 e. The van der Waals surface area contributed by atoms with Crippen LogP contribution >= 0.6 is 0 Å². The maximum absolute atomic E-state index is 12.4. The van der Waals surface area contributed by atoms with Crippen LogP contribution < -0.4 is 5.32 Å². The van der Waals surface area contributed by atoms with E-state index in [9.17, 15) is 20.1 Å². The predicted molar refractivity (Wildman–Crippen MR) is 131 cm³/mol. The molecule has 4 rings (SSSR count). The predicted octanol–water partition coefficient (Wildman–Crippen LogP) is 4.62. The van der Waals surface area contributed by atoms with E-state index >= 15 is 0 Å². The van der Waals surface area contributed by atoms with Crippen LogP contribution in [-0.4, -0.2) is 40.7 Å². The number of benzene rings is 3. The number of rotatable bonds is 6. The highest BCUT2D eigenvalue weighted by molar-refractivity contribution is 5.79. The molecule has 4 N–H and O–H groups in total. The molecular weight excluding hydrogens is 430 g/mol. The molecule has 0 bridgehead atoms. The van der Waals surface area contributed by atoms with E-state index in [0.29, 0.717) is 11.1 Å². The molecule has 0 radical (unpaired) electrons. The Kier molecular flexibility index (Phi) is 6.64. The number of aliphatic hydroxyl groups excluding tert-OH is 2. The standard InChI is InChI=1S/C28H31NO5/c1-28(2,3)23-14-17(12-13-24(23)30)26(32)25(31)15-29-27(33)34-16-22-20-10-6-4-8-18(20)19-9-5-7-11-21(19)22/h4-14,22,25-26,30-32H,15-16H2,1-3H3,(H,29,33). The topological polar surface area (TPSA) is 99.0 Å². The first-order valence-corrected chi connectivity index (χ1v) is 11.4. The molecule has 0 saturated heterocycles. The third-order valence-corrected chi connectivity index (χ3v) is 6.33. The molecule has 2 atom stereocenters. The minimum atomic E-state index is -1.24. The van der Waals surface area contributed by atoms with Crippen LogP contribution in [0.4, 0.5) is 4.79 Å². The number of ether oxygens (including phenoxy) is 1. The van der Waals surface area contributed by atoms with Gasteiger partial charge >= 0.3 is 6.09 Å². The van der Waals surface area contributed by atoms with Crippen molar-refractivity contribution in [2.75, 3.05) is 13.2 Å². The Morgan fingerprint density at radius 1 is 0.971 bits per heavy atom. The van der Waals surface area contributed by atoms with Gasteiger partial charge in [-0.3, -0.25) is 0 Å². The van der Waals surface area contributed by atoms with Gasteiger partial charge < -0.3 is 25.4 Å². The van der Waals surface area contributed by atoms with E-state index in [4.69, 9.17) is 4.74 Å². The van der Waals surface area contributed by atoms with Crippen molar-refractivity contribution in [3.05, 3.63) is 89.0 Å². The number of phenols is 1. The number of nitrogens with one attached hydrogen (secondary N) is 1. The van der Waals surface area contributed by atoms with Gasteiger partial charge in [-0.15, -0.1) is 0 Å². The number of alkyl carbamates (subject to hydrolysis) is 1. The highest BCUT2D eigenvalue weighted by Crippen LogP contribution is 2.44. The van der Waals surface area contributed by atoms with Gasteiger partial charge in [0.25, 0.3) is 0 Å². The Hall–Kier alpha value is -3.35. The molecule has 0 saturated carbocycles. The van der Waals surface area contributed by atoms with E-state index in [1.807, 2.05) is 57.2 Å². The van der Waals surface area contributed by atoms with Crippen molar-refractivity contribution in [1.29, 1.82) is 0 Å². The lowest BCUT2D eigenvalue weighted by Crippen LogP contribution is -2.36. The van der Waals surface area contributed by atoms with Crippen molar-refractivity contribution in [3.63, 3.8) is 0 Å². The number of hydrogen-bond acceptors (Lipinski definition) is 5. The Labute approximate surface area is 199 Å². The second kappa shape index (κ2) is 9.49. The first-order valence-electron chi connectivity index (χ1n) is 11.4. The van der Waals surface area contributed by atoms with Crippen LogP contribution in [0.1, 0.15) is 55.0 Å². The van der Waals surface area contributed by atoms with Crippen molar-refractivity contribution in [1.82, 2.24) is 5.32 Å². The smallest absolute Gasteiger partial charge is 0.407 e. The zero-order chi connectivity index (χ0) is 24.5. The lowest BCUT2D eigenvalue weighted by molar-refractivity contribution is 0.0184. The molecule has 0 aliphatic heterocycles. The van der Waals surface area contributed by atoms with Crippen molar-refractivity contribution in [3.8, 4) is 16.9 Å². The molecule has 0 aromatic heterocycles. The van der Waals surface area contributed by atoms with E-state index in [1.54, 1.807) is 12.1 Å². The average molecular weight is 462 g/mol. The Morgan fingerprint density at radius 3 is 2.15 bits per heavy atom. The number of fused-ring (bicyclic) bond motifs is 3. The molecule has 0 spiro atoms. The summed E-state index contributed by atoms with van der Waals surface area (Å²) in [6.07, 6.45) is -3.12. The van der Waals surface area contributed by atoms with Crippen molar-refractivity contribution in [2.45, 2.75) is 44.3 Å². The van der Waals surface area contributed by atoms with Gasteiger partial charge in [0, 0.05) is 12.5 Å². The Morgan fingerprint density at radius 2 is 1.56 bits per heavy atom. The van der Waals surface area contributed by atoms with Crippen LogP contribution in [0.2, 0.25) is 0 Å². The lowest BCUT2D eigenvalue weighted by Gasteiger charge is -2.24. The molecule has 2 unspecified atom stereocenters. The lowest BCUT2D eigenvalue weighted by atomic mass is 9.84. The number of aliphatic hydroxyl groups is 2. The normalized spacial score (nSPS) is 14.7. The first-order chi connectivity index (χ1) is 16.2. The maximum Gasteiger partial charge on any atom is 0.407 e. The first kappa shape index (κ1) is 23.8. The molecule has 6 heteroatoms. The zero-order valence-corrected chi connectivity index (χ0v) is 19.7. The molecule has 178 valence electrons. The van der Waals surface area contributed by atoms with Crippen molar-refractivity contribution < 1.29 is 24.9 Å². The summed E-state index contributed by atoms with van der Waals surface area (Å²) in [5.74, 6) is 0.0798. The Bertz CT molecular complexity index is 1140. The van der Waals surface area contributed by atoms with Gasteiger partial charge in [-0.05, 0) is 50.9 Å². The third-order valence-electron chi connectivity index (χ3n) is 6.33. The summed E-state index contributed by atoms with van der Waals surface area (Å²) >= 11 is 0. The van der Waals surface area contributed by atoms with Crippen molar-refractivity contribution >= 4 is 6.09 Å². The summed E-state index contributed by atoms with van der Waals surface area (Å²) in [4.78, 5) is 12.4. The highest BCUT2D eigenvalue weighted by atomic mass is 16.5. The molecule has 1 aliphatic carbocycles. The van der Waals surface area contributed by atoms with Crippen LogP contribution in [0, 0.1) is 0 Å². The molecule has 0 fully saturated rings. The van der Waals surface area contributed by atoms with Gasteiger partial charge in [0.15, 0.2) is 0 Å². The third kappa shape index (κ3) is 4.79. The molecule has 1 amide bonds. The molecule has 3 aromatic carbocycles. The summed E-state index contributed by atoms with van der Waals surface area (Å²) in [5.41, 5.74) is 5.33. The molecule has 3 aromatic rings. The van der Waals surface area contributed by atoms with Crippen LogP contribution in [0.3, 0.4) is 0 Å². The molecule has 1 aliphatic rings. The SMILES string of the molecule is CC(C)(C)c1cc(C(O)C(O)CNC(=O)OCC2c3ccccc3-c3ccccc32)ccc1O. The second-order valence-electron chi connectivity index (χ2n) is 9.75. The molecule has 34 heavy (non-hydrogen) atoms. The monoisotopic (exact) mass is 461 g/mol. The number of hydrogen-bond donors (Lipinski definition) is 4. The summed E-state index contributed by atoms with van der Waals surface area (Å²) in [5, 5.41) is 33.7. The van der Waals surface area contributed by atoms with Crippen LogP contribution in [-0.2, 0) is 10.2 Å². The second-order valence-corrected chi connectivity index (χ2v) is 9.75. The van der Waals surface area contributed by atoms with E-state index < -0.39 is 18.3 Å². The molecular formula is C28H31NO5. The number of phenolic OH excluding ortho intramolecular Hbond substituents is 1. The number of amides is 1. The number of carbonyl (C=O) groups excluding carboxylic acids is 1. The fourth-order valence-corrected chi connectivity index (χ4v) is 4.51. The minimum absolute atomic E-state index is 0.0542. The van der Waals surface area contributed by atoms with Crippen molar-refractivity contribution in [2.24, 2.45) is 0 Å². The summed E-state index contributed by atoms with van der Waals surface area (Å²) in [6.45, 7) is 5.85. The fourth-order valence-electron chi connectivity index (χ4n) is 4.51.